The van der Waals surface area contributed by atoms with Crippen molar-refractivity contribution in [3.8, 4) is 34.5 Å². The molecule has 3 aliphatic heterocycles. The zero-order valence-electron chi connectivity index (χ0n) is 38.8. The predicted octanol–water partition coefficient (Wildman–Crippen LogP) is 9.73. The Morgan fingerprint density at radius 2 is 0.529 bits per heavy atom. The number of methoxy groups -OCH3 is 3. The number of hydrogen-bond donors (Lipinski definition) is 0. The highest BCUT2D eigenvalue weighted by molar-refractivity contribution is 5.91. The maximum absolute atomic E-state index is 13.1. The third-order valence-electron chi connectivity index (χ3n) is 16.5. The van der Waals surface area contributed by atoms with Crippen molar-refractivity contribution >= 4 is 17.9 Å². The third kappa shape index (κ3) is 5.51. The summed E-state index contributed by atoms with van der Waals surface area (Å²) >= 11 is 0. The van der Waals surface area contributed by atoms with E-state index in [-0.39, 0.29) is 56.3 Å². The molecule has 0 saturated heterocycles. The zero-order chi connectivity index (χ0) is 47.1. The van der Waals surface area contributed by atoms with E-state index in [2.05, 4.69) is 64.1 Å². The van der Waals surface area contributed by atoms with Crippen LogP contribution in [0.5, 0.6) is 34.5 Å². The molecule has 3 aliphatic carbocycles. The van der Waals surface area contributed by atoms with Crippen molar-refractivity contribution in [2.75, 3.05) is 21.3 Å². The lowest BCUT2D eigenvalue weighted by atomic mass is 9.52. The fourth-order valence-electron chi connectivity index (χ4n) is 12.8. The highest BCUT2D eigenvalue weighted by atomic mass is 16.5. The van der Waals surface area contributed by atoms with Gasteiger partial charge in [-0.1, -0.05) is 64.1 Å². The van der Waals surface area contributed by atoms with Gasteiger partial charge in [0.15, 0.2) is 0 Å². The van der Waals surface area contributed by atoms with Crippen LogP contribution in [-0.2, 0) is 70.1 Å². The average molecular weight is 913 g/mol. The van der Waals surface area contributed by atoms with Crippen molar-refractivity contribution in [3.05, 3.63) is 174 Å². The number of esters is 3. The molecule has 12 rings (SSSR count). The molecule has 0 N–H and O–H groups in total. The second-order valence-electron chi connectivity index (χ2n) is 19.3. The fraction of sp³-hybridized carbons (Fsp3) is 0.304. The van der Waals surface area contributed by atoms with Crippen molar-refractivity contribution in [2.45, 2.75) is 83.6 Å². The number of carbonyl (C=O) groups excluding carboxylic acids is 3. The summed E-state index contributed by atoms with van der Waals surface area (Å²) in [5, 5.41) is 0. The van der Waals surface area contributed by atoms with Gasteiger partial charge in [-0.2, -0.15) is 0 Å². The molecule has 6 aromatic carbocycles. The van der Waals surface area contributed by atoms with Gasteiger partial charge in [0.1, 0.15) is 74.1 Å². The first-order valence-corrected chi connectivity index (χ1v) is 22.7. The molecule has 0 unspecified atom stereocenters. The minimum Gasteiger partial charge on any atom is -0.489 e. The van der Waals surface area contributed by atoms with Crippen LogP contribution in [0, 0.1) is 5.41 Å². The van der Waals surface area contributed by atoms with Gasteiger partial charge < -0.3 is 42.6 Å². The third-order valence-corrected chi connectivity index (χ3v) is 16.5. The first-order chi connectivity index (χ1) is 32.7. The fourth-order valence-corrected chi connectivity index (χ4v) is 12.8. The summed E-state index contributed by atoms with van der Waals surface area (Å²) < 4.78 is 55.5. The first kappa shape index (κ1) is 41.9. The standard InChI is InChI=1S/C56H48O12/c1-53-44-14-32-23-63-38-8-29(50(57)60-5)9-39(20-38)64-24-33-15-45(53)47-17-35(33)26-66-41-11-31(52(59)62-7)13-43(22-41)68-28-37-19-49-48-18-36(37)27-67-42-12-30(51(58)61-6)10-40(21-42)65-25-34(32)16-46(44)54(48,2)56(53,4)55(47,49)3/h8-22H,23-28H2,1-7H3. The molecule has 0 saturated carbocycles. The lowest BCUT2D eigenvalue weighted by molar-refractivity contribution is 0.0591. The van der Waals surface area contributed by atoms with Gasteiger partial charge in [0.2, 0.25) is 0 Å². The normalized spacial score (nSPS) is 23.7. The number of fused-ring (bicyclic) bond motifs is 15. The van der Waals surface area contributed by atoms with Crippen LogP contribution < -0.4 is 28.4 Å². The summed E-state index contributed by atoms with van der Waals surface area (Å²) in [6, 6.07) is 29.1. The Morgan fingerprint density at radius 3 is 0.706 bits per heavy atom. The number of rotatable bonds is 3. The zero-order valence-corrected chi connectivity index (χ0v) is 38.8. The molecule has 0 spiro atoms. The van der Waals surface area contributed by atoms with E-state index >= 15 is 0 Å². The molecule has 68 heavy (non-hydrogen) atoms. The average Bonchev–Trinajstić information content (AvgIpc) is 3.69. The Balaban J connectivity index is 1.18. The molecule has 0 atom stereocenters. The molecule has 12 nitrogen and oxygen atoms in total. The van der Waals surface area contributed by atoms with E-state index in [1.165, 1.54) is 54.7 Å². The quantitative estimate of drug-likeness (QED) is 0.124. The van der Waals surface area contributed by atoms with Crippen LogP contribution in [0.3, 0.4) is 0 Å². The number of benzene rings is 6. The van der Waals surface area contributed by atoms with Crippen LogP contribution >= 0.6 is 0 Å². The summed E-state index contributed by atoms with van der Waals surface area (Å²) in [5.74, 6) is 0.919. The van der Waals surface area contributed by atoms with Gasteiger partial charge in [0.05, 0.1) is 38.0 Å². The number of ether oxygens (including phenoxy) is 9. The van der Waals surface area contributed by atoms with E-state index in [9.17, 15) is 14.4 Å². The van der Waals surface area contributed by atoms with Crippen molar-refractivity contribution in [2.24, 2.45) is 5.41 Å². The van der Waals surface area contributed by atoms with Gasteiger partial charge in [0.25, 0.3) is 0 Å². The van der Waals surface area contributed by atoms with Gasteiger partial charge in [-0.25, -0.2) is 14.4 Å². The van der Waals surface area contributed by atoms with E-state index in [1.54, 1.807) is 54.6 Å². The topological polar surface area (TPSA) is 134 Å². The molecule has 3 heterocycles. The summed E-state index contributed by atoms with van der Waals surface area (Å²) in [6.45, 7) is 10.5. The van der Waals surface area contributed by atoms with Gasteiger partial charge >= 0.3 is 17.9 Å². The summed E-state index contributed by atoms with van der Waals surface area (Å²) in [4.78, 5) is 39.3. The summed E-state index contributed by atoms with van der Waals surface area (Å²) in [7, 11) is 4.02. The first-order valence-electron chi connectivity index (χ1n) is 22.7. The van der Waals surface area contributed by atoms with Crippen molar-refractivity contribution in [1.82, 2.24) is 0 Å². The van der Waals surface area contributed by atoms with Gasteiger partial charge in [-0.15, -0.1) is 0 Å². The minimum absolute atomic E-state index is 0.143. The Morgan fingerprint density at radius 1 is 0.338 bits per heavy atom. The van der Waals surface area contributed by atoms with E-state index in [0.29, 0.717) is 34.5 Å². The SMILES string of the molecule is COC(=O)c1cc2cc(c1)OCc1cc3c4cc1COc1cc(cc(C(=O)OC)c1)OCc1cc5c6cc1COc1cc(cc(C(=O)OC)c1)OCc1cc7c(cc1CO2)C3(C)C(C)(C76C)C45C. The second kappa shape index (κ2) is 14.5. The molecular weight excluding hydrogens is 865 g/mol. The second-order valence-corrected chi connectivity index (χ2v) is 19.3. The van der Waals surface area contributed by atoms with Crippen LogP contribution in [0.15, 0.2) is 91.0 Å². The lowest BCUT2D eigenvalue weighted by Gasteiger charge is -2.49. The Bertz CT molecular complexity index is 2740. The van der Waals surface area contributed by atoms with Crippen LogP contribution in [0.1, 0.15) is 126 Å². The predicted molar refractivity (Wildman–Crippen MR) is 246 cm³/mol. The molecule has 344 valence electrons. The molecule has 0 amide bonds. The molecule has 6 aliphatic rings. The number of carbonyl (C=O) groups is 3. The number of hydrogen-bond acceptors (Lipinski definition) is 12. The van der Waals surface area contributed by atoms with E-state index in [0.717, 1.165) is 33.4 Å². The smallest absolute Gasteiger partial charge is 0.338 e. The van der Waals surface area contributed by atoms with Gasteiger partial charge in [-0.3, -0.25) is 0 Å². The van der Waals surface area contributed by atoms with Crippen LogP contribution in [-0.4, -0.2) is 39.2 Å². The monoisotopic (exact) mass is 912 g/mol. The Labute approximate surface area is 392 Å². The molecular formula is C56H48O12. The van der Waals surface area contributed by atoms with Crippen LogP contribution in [0.2, 0.25) is 0 Å². The molecule has 18 bridgehead atoms. The maximum Gasteiger partial charge on any atom is 0.338 e. The Kier molecular flexibility index (Phi) is 8.95. The molecule has 0 aromatic heterocycles. The van der Waals surface area contributed by atoms with Crippen LogP contribution in [0.4, 0.5) is 0 Å². The molecule has 0 radical (unpaired) electrons. The highest BCUT2D eigenvalue weighted by Gasteiger charge is 2.80. The highest BCUT2D eigenvalue weighted by Crippen LogP contribution is 2.82. The summed E-state index contributed by atoms with van der Waals surface area (Å²) in [6.07, 6.45) is 0. The molecule has 12 heteroatoms. The maximum atomic E-state index is 13.1. The van der Waals surface area contributed by atoms with Crippen molar-refractivity contribution in [1.29, 1.82) is 0 Å². The Hall–Kier alpha value is -7.47. The van der Waals surface area contributed by atoms with Gasteiger partial charge in [0, 0.05) is 39.9 Å². The van der Waals surface area contributed by atoms with Crippen LogP contribution in [0.25, 0.3) is 0 Å². The largest absolute Gasteiger partial charge is 0.489 e. The van der Waals surface area contributed by atoms with E-state index < -0.39 is 39.6 Å². The van der Waals surface area contributed by atoms with E-state index in [4.69, 9.17) is 42.6 Å². The summed E-state index contributed by atoms with van der Waals surface area (Å²) in [5.41, 5.74) is 11.1. The van der Waals surface area contributed by atoms with Crippen molar-refractivity contribution in [3.63, 3.8) is 0 Å². The molecule has 6 aromatic rings. The lowest BCUT2D eigenvalue weighted by Crippen LogP contribution is -2.51. The van der Waals surface area contributed by atoms with Crippen molar-refractivity contribution < 1.29 is 57.0 Å². The minimum atomic E-state index is -0.571. The molecule has 0 fully saturated rings. The van der Waals surface area contributed by atoms with E-state index in [1.807, 2.05) is 0 Å². The van der Waals surface area contributed by atoms with Gasteiger partial charge in [-0.05, 0) is 103 Å².